The molecule has 0 saturated heterocycles. The summed E-state index contributed by atoms with van der Waals surface area (Å²) in [6.07, 6.45) is -3.08. The fourth-order valence-corrected chi connectivity index (χ4v) is 1.69. The van der Waals surface area contributed by atoms with Gasteiger partial charge in [0.1, 0.15) is 5.82 Å². The normalized spacial score (nSPS) is 11.9. The van der Waals surface area contributed by atoms with Crippen molar-refractivity contribution in [2.45, 2.75) is 6.18 Å². The van der Waals surface area contributed by atoms with Crippen molar-refractivity contribution in [1.29, 1.82) is 0 Å². The molecule has 6 nitrogen and oxygen atoms in total. The van der Waals surface area contributed by atoms with Crippen LogP contribution in [0.5, 0.6) is 0 Å². The van der Waals surface area contributed by atoms with Gasteiger partial charge in [-0.05, 0) is 17.7 Å². The number of benzene rings is 1. The third kappa shape index (κ3) is 3.87. The lowest BCUT2D eigenvalue weighted by atomic mass is 10.1. The van der Waals surface area contributed by atoms with E-state index in [0.717, 1.165) is 16.7 Å². The van der Waals surface area contributed by atoms with Crippen LogP contribution in [0.2, 0.25) is 0 Å². The molecule has 0 aliphatic rings. The molecule has 2 aromatic rings. The van der Waals surface area contributed by atoms with Crippen LogP contribution in [0.15, 0.2) is 45.0 Å². The molecule has 0 amide bonds. The van der Waals surface area contributed by atoms with E-state index in [1.807, 2.05) is 0 Å². The van der Waals surface area contributed by atoms with E-state index in [2.05, 4.69) is 10.1 Å². The monoisotopic (exact) mass is 326 g/mol. The number of hydrogen-bond donors (Lipinski definition) is 1. The van der Waals surface area contributed by atoms with Gasteiger partial charge < -0.3 is 0 Å². The Morgan fingerprint density at radius 3 is 2.35 bits per heavy atom. The van der Waals surface area contributed by atoms with Crippen molar-refractivity contribution in [1.82, 2.24) is 9.55 Å². The smallest absolute Gasteiger partial charge is 0.292 e. The number of hydrazone groups is 1. The zero-order chi connectivity index (χ0) is 17.2. The quantitative estimate of drug-likeness (QED) is 0.687. The minimum Gasteiger partial charge on any atom is -0.292 e. The first kappa shape index (κ1) is 16.5. The Kier molecular flexibility index (Phi) is 4.39. The fourth-order valence-electron chi connectivity index (χ4n) is 1.69. The molecule has 0 aliphatic carbocycles. The Morgan fingerprint density at radius 2 is 1.83 bits per heavy atom. The Balaban J connectivity index is 2.20. The minimum absolute atomic E-state index is 0.168. The molecule has 0 unspecified atom stereocenters. The number of H-pyrrole nitrogens is 1. The van der Waals surface area contributed by atoms with Crippen LogP contribution in [0, 0.1) is 0 Å². The molecule has 0 fully saturated rings. The predicted octanol–water partition coefficient (Wildman–Crippen LogP) is 1.56. The summed E-state index contributed by atoms with van der Waals surface area (Å²) in [7, 11) is 2.82. The van der Waals surface area contributed by atoms with Gasteiger partial charge in [-0.3, -0.25) is 19.4 Å². The van der Waals surface area contributed by atoms with Gasteiger partial charge in [0, 0.05) is 20.2 Å². The summed E-state index contributed by atoms with van der Waals surface area (Å²) < 4.78 is 38.3. The highest BCUT2D eigenvalue weighted by Crippen LogP contribution is 2.28. The maximum absolute atomic E-state index is 12.5. The van der Waals surface area contributed by atoms with E-state index in [-0.39, 0.29) is 5.82 Å². The van der Waals surface area contributed by atoms with Crippen molar-refractivity contribution >= 4 is 12.0 Å². The van der Waals surface area contributed by atoms with Crippen LogP contribution in [-0.2, 0) is 13.2 Å². The third-order valence-corrected chi connectivity index (χ3v) is 3.10. The molecule has 0 saturated carbocycles. The highest BCUT2D eigenvalue weighted by Gasteiger charge is 2.29. The van der Waals surface area contributed by atoms with Gasteiger partial charge in [-0.1, -0.05) is 12.1 Å². The van der Waals surface area contributed by atoms with E-state index in [9.17, 15) is 22.8 Å². The number of halogens is 3. The second-order valence-electron chi connectivity index (χ2n) is 4.74. The van der Waals surface area contributed by atoms with Gasteiger partial charge in [0.15, 0.2) is 0 Å². The molecule has 122 valence electrons. The molecule has 0 spiro atoms. The van der Waals surface area contributed by atoms with Crippen LogP contribution in [0.3, 0.4) is 0 Å². The van der Waals surface area contributed by atoms with Crippen molar-refractivity contribution in [3.63, 3.8) is 0 Å². The molecule has 1 aromatic heterocycles. The Hall–Kier alpha value is -2.84. The molecule has 0 aliphatic heterocycles. The molecule has 2 rings (SSSR count). The number of aromatic amines is 1. The predicted molar refractivity (Wildman–Crippen MR) is 79.7 cm³/mol. The van der Waals surface area contributed by atoms with Crippen LogP contribution in [-0.4, -0.2) is 22.8 Å². The average Bonchev–Trinajstić information content (AvgIpc) is 2.49. The minimum atomic E-state index is -4.39. The molecule has 1 heterocycles. The Labute approximate surface area is 128 Å². The van der Waals surface area contributed by atoms with E-state index in [4.69, 9.17) is 0 Å². The highest BCUT2D eigenvalue weighted by molar-refractivity contribution is 5.80. The molecule has 1 aromatic carbocycles. The molecule has 0 atom stereocenters. The van der Waals surface area contributed by atoms with Gasteiger partial charge in [0.25, 0.3) is 5.56 Å². The van der Waals surface area contributed by atoms with Crippen LogP contribution < -0.4 is 16.3 Å². The lowest BCUT2D eigenvalue weighted by molar-refractivity contribution is -0.137. The third-order valence-electron chi connectivity index (χ3n) is 3.10. The Bertz CT molecular complexity index is 804. The zero-order valence-electron chi connectivity index (χ0n) is 12.3. The number of aromatic nitrogens is 2. The molecule has 0 bridgehead atoms. The molecular formula is C14H13F3N4O2. The van der Waals surface area contributed by atoms with Gasteiger partial charge in [0.05, 0.1) is 11.8 Å². The van der Waals surface area contributed by atoms with Crippen molar-refractivity contribution in [2.75, 3.05) is 12.1 Å². The summed E-state index contributed by atoms with van der Waals surface area (Å²) in [6, 6.07) is 5.62. The maximum Gasteiger partial charge on any atom is 0.416 e. The van der Waals surface area contributed by atoms with Gasteiger partial charge >= 0.3 is 11.9 Å². The summed E-state index contributed by atoms with van der Waals surface area (Å²) in [5, 5.41) is 5.21. The first-order valence-electron chi connectivity index (χ1n) is 6.44. The van der Waals surface area contributed by atoms with Gasteiger partial charge in [-0.2, -0.15) is 18.3 Å². The second kappa shape index (κ2) is 6.11. The van der Waals surface area contributed by atoms with Gasteiger partial charge in [0.2, 0.25) is 0 Å². The van der Waals surface area contributed by atoms with Crippen LogP contribution in [0.25, 0.3) is 0 Å². The topological polar surface area (TPSA) is 70.5 Å². The number of nitrogens with zero attached hydrogens (tertiary/aromatic N) is 3. The van der Waals surface area contributed by atoms with Crippen molar-refractivity contribution < 1.29 is 13.2 Å². The fraction of sp³-hybridized carbons (Fsp3) is 0.214. The van der Waals surface area contributed by atoms with Gasteiger partial charge in [-0.15, -0.1) is 0 Å². The number of nitrogens with one attached hydrogen (secondary N) is 1. The lowest BCUT2D eigenvalue weighted by Gasteiger charge is -2.12. The van der Waals surface area contributed by atoms with E-state index in [0.29, 0.717) is 5.56 Å². The van der Waals surface area contributed by atoms with E-state index in [1.54, 1.807) is 0 Å². The van der Waals surface area contributed by atoms with Crippen molar-refractivity contribution in [3.8, 4) is 0 Å². The molecule has 1 N–H and O–H groups in total. The second-order valence-corrected chi connectivity index (χ2v) is 4.74. The first-order valence-corrected chi connectivity index (χ1v) is 6.44. The highest BCUT2D eigenvalue weighted by atomic mass is 19.4. The van der Waals surface area contributed by atoms with E-state index < -0.39 is 23.0 Å². The molecule has 0 radical (unpaired) electrons. The summed E-state index contributed by atoms with van der Waals surface area (Å²) >= 11 is 0. The maximum atomic E-state index is 12.5. The standard InChI is InChI=1S/C14H13F3N4O2/c1-20-12(22)7-11(19-13(20)23)21(2)18-8-9-3-5-10(6-4-9)14(15,16)17/h3-8H,1-2H3,(H,19,23)/b18-8+. The molecule has 23 heavy (non-hydrogen) atoms. The summed E-state index contributed by atoms with van der Waals surface area (Å²) in [5.41, 5.74) is -1.40. The van der Waals surface area contributed by atoms with E-state index >= 15 is 0 Å². The van der Waals surface area contributed by atoms with Crippen LogP contribution in [0.1, 0.15) is 11.1 Å². The number of rotatable bonds is 3. The van der Waals surface area contributed by atoms with Crippen LogP contribution >= 0.6 is 0 Å². The molecule has 9 heteroatoms. The van der Waals surface area contributed by atoms with Crippen molar-refractivity contribution in [3.05, 3.63) is 62.3 Å². The number of alkyl halides is 3. The first-order chi connectivity index (χ1) is 10.7. The Morgan fingerprint density at radius 1 is 1.22 bits per heavy atom. The summed E-state index contributed by atoms with van der Waals surface area (Å²) in [5.74, 6) is 0.168. The SMILES string of the molecule is CN(/N=C/c1ccc(C(F)(F)F)cc1)c1cc(=O)n(C)c(=O)[nH]1. The summed E-state index contributed by atoms with van der Waals surface area (Å²) in [6.45, 7) is 0. The summed E-state index contributed by atoms with van der Waals surface area (Å²) in [4.78, 5) is 25.5. The zero-order valence-corrected chi connectivity index (χ0v) is 12.3. The number of hydrogen-bond acceptors (Lipinski definition) is 4. The van der Waals surface area contributed by atoms with Gasteiger partial charge in [-0.25, -0.2) is 4.79 Å². The average molecular weight is 326 g/mol. The molecular weight excluding hydrogens is 313 g/mol. The largest absolute Gasteiger partial charge is 0.416 e. The van der Waals surface area contributed by atoms with Crippen LogP contribution in [0.4, 0.5) is 19.0 Å². The van der Waals surface area contributed by atoms with Crippen molar-refractivity contribution in [2.24, 2.45) is 12.1 Å². The lowest BCUT2D eigenvalue weighted by Crippen LogP contribution is -2.33. The van der Waals surface area contributed by atoms with E-state index in [1.165, 1.54) is 43.5 Å². The number of anilines is 1.